The van der Waals surface area contributed by atoms with Gasteiger partial charge in [-0.05, 0) is 25.7 Å². The van der Waals surface area contributed by atoms with Gasteiger partial charge in [0.25, 0.3) is 0 Å². The van der Waals surface area contributed by atoms with Crippen LogP contribution in [0.4, 0.5) is 0 Å². The van der Waals surface area contributed by atoms with Gasteiger partial charge in [-0.1, -0.05) is 11.3 Å². The van der Waals surface area contributed by atoms with Crippen LogP contribution in [0, 0.1) is 5.92 Å². The number of nitrogens with two attached hydrogens (primary N) is 1. The standard InChI is InChI=1S/C10H15N3O2S/c1-10(11,6-2-3-6)8(14)12-4-7-5-16-9(15)13-7/h5-6H,2-4,11H2,1H3,(H,12,14)(H,13,15). The lowest BCUT2D eigenvalue weighted by Crippen LogP contribution is -2.53. The Bertz CT molecular complexity index is 445. The maximum Gasteiger partial charge on any atom is 0.304 e. The molecule has 1 saturated carbocycles. The van der Waals surface area contributed by atoms with Crippen LogP contribution in [0.3, 0.4) is 0 Å². The van der Waals surface area contributed by atoms with Gasteiger partial charge in [0.2, 0.25) is 5.91 Å². The minimum absolute atomic E-state index is 0.109. The maximum absolute atomic E-state index is 11.8. The number of rotatable bonds is 4. The average Bonchev–Trinajstić information content (AvgIpc) is 3.00. The molecular weight excluding hydrogens is 226 g/mol. The summed E-state index contributed by atoms with van der Waals surface area (Å²) >= 11 is 1.09. The molecule has 0 spiro atoms. The third-order valence-corrected chi connectivity index (χ3v) is 3.64. The first-order valence-corrected chi connectivity index (χ1v) is 6.12. The summed E-state index contributed by atoms with van der Waals surface area (Å²) < 4.78 is 0. The van der Waals surface area contributed by atoms with Gasteiger partial charge in [0.15, 0.2) is 0 Å². The van der Waals surface area contributed by atoms with Crippen LogP contribution in [-0.4, -0.2) is 16.4 Å². The molecule has 0 aliphatic heterocycles. The first-order valence-electron chi connectivity index (χ1n) is 5.24. The molecule has 2 rings (SSSR count). The van der Waals surface area contributed by atoms with Crippen molar-refractivity contribution in [3.05, 3.63) is 20.7 Å². The van der Waals surface area contributed by atoms with E-state index in [-0.39, 0.29) is 10.8 Å². The fourth-order valence-corrected chi connectivity index (χ4v) is 2.22. The Labute approximate surface area is 97.1 Å². The number of nitrogens with one attached hydrogen (secondary N) is 2. The first-order chi connectivity index (χ1) is 7.50. The van der Waals surface area contributed by atoms with Crippen LogP contribution in [0.1, 0.15) is 25.5 Å². The van der Waals surface area contributed by atoms with Crippen LogP contribution in [0.25, 0.3) is 0 Å². The second-order valence-corrected chi connectivity index (χ2v) is 5.26. The average molecular weight is 241 g/mol. The van der Waals surface area contributed by atoms with Gasteiger partial charge in [0, 0.05) is 11.1 Å². The number of hydrogen-bond acceptors (Lipinski definition) is 4. The van der Waals surface area contributed by atoms with Crippen molar-refractivity contribution in [1.82, 2.24) is 10.3 Å². The van der Waals surface area contributed by atoms with Crippen LogP contribution in [-0.2, 0) is 11.3 Å². The lowest BCUT2D eigenvalue weighted by Gasteiger charge is -2.22. The molecular formula is C10H15N3O2S. The largest absolute Gasteiger partial charge is 0.349 e. The molecule has 1 heterocycles. The number of carbonyl (C=O) groups is 1. The molecule has 1 aromatic rings. The Morgan fingerprint density at radius 1 is 1.75 bits per heavy atom. The molecule has 88 valence electrons. The second kappa shape index (κ2) is 4.03. The molecule has 6 heteroatoms. The summed E-state index contributed by atoms with van der Waals surface area (Å²) in [5, 5.41) is 4.45. The summed E-state index contributed by atoms with van der Waals surface area (Å²) in [6.07, 6.45) is 2.05. The van der Waals surface area contributed by atoms with Gasteiger partial charge in [-0.2, -0.15) is 0 Å². The molecule has 1 aliphatic rings. The van der Waals surface area contributed by atoms with Crippen molar-refractivity contribution in [2.24, 2.45) is 11.7 Å². The number of aromatic amines is 1. The SMILES string of the molecule is CC(N)(C(=O)NCc1csc(=O)[nH]1)C1CC1. The van der Waals surface area contributed by atoms with E-state index in [0.29, 0.717) is 12.5 Å². The van der Waals surface area contributed by atoms with Crippen molar-refractivity contribution in [2.45, 2.75) is 31.8 Å². The van der Waals surface area contributed by atoms with Crippen molar-refractivity contribution in [1.29, 1.82) is 0 Å². The molecule has 1 unspecified atom stereocenters. The second-order valence-electron chi connectivity index (χ2n) is 4.41. The van der Waals surface area contributed by atoms with Crippen LogP contribution in [0.2, 0.25) is 0 Å². The molecule has 5 nitrogen and oxygen atoms in total. The van der Waals surface area contributed by atoms with Crippen molar-refractivity contribution in [3.63, 3.8) is 0 Å². The highest BCUT2D eigenvalue weighted by atomic mass is 32.1. The van der Waals surface area contributed by atoms with Gasteiger partial charge in [0.05, 0.1) is 12.1 Å². The van der Waals surface area contributed by atoms with Crippen LogP contribution < -0.4 is 15.9 Å². The number of carbonyl (C=O) groups excluding carboxylic acids is 1. The minimum Gasteiger partial charge on any atom is -0.349 e. The summed E-state index contributed by atoms with van der Waals surface area (Å²) in [4.78, 5) is 25.2. The smallest absolute Gasteiger partial charge is 0.304 e. The number of hydrogen-bond donors (Lipinski definition) is 3. The number of H-pyrrole nitrogens is 1. The van der Waals surface area contributed by atoms with Crippen molar-refractivity contribution < 1.29 is 4.79 Å². The van der Waals surface area contributed by atoms with Crippen molar-refractivity contribution in [2.75, 3.05) is 0 Å². The van der Waals surface area contributed by atoms with Crippen molar-refractivity contribution in [3.8, 4) is 0 Å². The van der Waals surface area contributed by atoms with Crippen LogP contribution in [0.15, 0.2) is 10.2 Å². The fourth-order valence-electron chi connectivity index (χ4n) is 1.63. The predicted molar refractivity (Wildman–Crippen MR) is 62.1 cm³/mol. The molecule has 4 N–H and O–H groups in total. The molecule has 1 fully saturated rings. The molecule has 0 saturated heterocycles. The zero-order chi connectivity index (χ0) is 11.8. The van der Waals surface area contributed by atoms with Crippen LogP contribution >= 0.6 is 11.3 Å². The summed E-state index contributed by atoms with van der Waals surface area (Å²) in [5.41, 5.74) is 5.89. The third kappa shape index (κ3) is 2.33. The molecule has 1 aromatic heterocycles. The monoisotopic (exact) mass is 241 g/mol. The molecule has 0 aromatic carbocycles. The van der Waals surface area contributed by atoms with Gasteiger partial charge < -0.3 is 16.0 Å². The third-order valence-electron chi connectivity index (χ3n) is 2.92. The Kier molecular flexibility index (Phi) is 2.86. The van der Waals surface area contributed by atoms with E-state index in [0.717, 1.165) is 29.9 Å². The lowest BCUT2D eigenvalue weighted by atomic mass is 9.96. The molecule has 1 aliphatic carbocycles. The van der Waals surface area contributed by atoms with Crippen LogP contribution in [0.5, 0.6) is 0 Å². The van der Waals surface area contributed by atoms with E-state index in [1.807, 2.05) is 0 Å². The molecule has 0 radical (unpaired) electrons. The van der Waals surface area contributed by atoms with Gasteiger partial charge in [-0.25, -0.2) is 0 Å². The number of thiazole rings is 1. The summed E-state index contributed by atoms with van der Waals surface area (Å²) in [5.74, 6) is 0.149. The molecule has 16 heavy (non-hydrogen) atoms. The quantitative estimate of drug-likeness (QED) is 0.702. The minimum atomic E-state index is -0.781. The summed E-state index contributed by atoms with van der Waals surface area (Å²) in [7, 11) is 0. The molecule has 1 amide bonds. The zero-order valence-electron chi connectivity index (χ0n) is 9.08. The number of amides is 1. The van der Waals surface area contributed by atoms with Gasteiger partial charge in [-0.15, -0.1) is 0 Å². The molecule has 1 atom stereocenters. The van der Waals surface area contributed by atoms with E-state index in [4.69, 9.17) is 5.73 Å². The van der Waals surface area contributed by atoms with E-state index in [1.54, 1.807) is 12.3 Å². The Morgan fingerprint density at radius 2 is 2.44 bits per heavy atom. The van der Waals surface area contributed by atoms with Gasteiger partial charge in [0.1, 0.15) is 0 Å². The zero-order valence-corrected chi connectivity index (χ0v) is 9.89. The normalized spacial score (nSPS) is 19.1. The first kappa shape index (κ1) is 11.3. The predicted octanol–water partition coefficient (Wildman–Crippen LogP) is 0.180. The Morgan fingerprint density at radius 3 is 2.94 bits per heavy atom. The summed E-state index contributed by atoms with van der Waals surface area (Å²) in [6.45, 7) is 2.09. The maximum atomic E-state index is 11.8. The lowest BCUT2D eigenvalue weighted by molar-refractivity contribution is -0.126. The fraction of sp³-hybridized carbons (Fsp3) is 0.600. The Hall–Kier alpha value is -1.14. The van der Waals surface area contributed by atoms with Crippen molar-refractivity contribution >= 4 is 17.2 Å². The Balaban J connectivity index is 1.90. The highest BCUT2D eigenvalue weighted by Gasteiger charge is 2.43. The topological polar surface area (TPSA) is 88.0 Å². The van der Waals surface area contributed by atoms with E-state index >= 15 is 0 Å². The van der Waals surface area contributed by atoms with Gasteiger partial charge >= 0.3 is 4.87 Å². The number of aromatic nitrogens is 1. The van der Waals surface area contributed by atoms with Gasteiger partial charge in [-0.3, -0.25) is 9.59 Å². The van der Waals surface area contributed by atoms with E-state index in [2.05, 4.69) is 10.3 Å². The molecule has 0 bridgehead atoms. The van der Waals surface area contributed by atoms with E-state index < -0.39 is 5.54 Å². The highest BCUT2D eigenvalue weighted by Crippen LogP contribution is 2.38. The highest BCUT2D eigenvalue weighted by molar-refractivity contribution is 7.07. The summed E-state index contributed by atoms with van der Waals surface area (Å²) in [6, 6.07) is 0. The van der Waals surface area contributed by atoms with E-state index in [1.165, 1.54) is 0 Å². The van der Waals surface area contributed by atoms with E-state index in [9.17, 15) is 9.59 Å².